The number of methoxy groups -OCH3 is 2. The molecule has 0 unspecified atom stereocenters. The monoisotopic (exact) mass is 385 g/mol. The van der Waals surface area contributed by atoms with Crippen LogP contribution in [-0.2, 0) is 16.1 Å². The lowest BCUT2D eigenvalue weighted by atomic mass is 9.82. The van der Waals surface area contributed by atoms with Gasteiger partial charge in [0.1, 0.15) is 23.9 Å². The minimum absolute atomic E-state index is 0.0428. The maximum Gasteiger partial charge on any atom is 0.337 e. The van der Waals surface area contributed by atoms with Gasteiger partial charge in [-0.3, -0.25) is 14.3 Å². The van der Waals surface area contributed by atoms with E-state index < -0.39 is 23.1 Å². The Morgan fingerprint density at radius 1 is 1.21 bits per heavy atom. The fraction of sp³-hybridized carbons (Fsp3) is 0.316. The molecule has 0 bridgehead atoms. The molecular weight excluding hydrogens is 366 g/mol. The molecule has 0 saturated heterocycles. The van der Waals surface area contributed by atoms with E-state index in [1.54, 1.807) is 25.1 Å². The van der Waals surface area contributed by atoms with E-state index in [9.17, 15) is 14.4 Å². The van der Waals surface area contributed by atoms with Gasteiger partial charge in [0.25, 0.3) is 5.56 Å². The molecule has 1 aromatic carbocycles. The Bertz CT molecular complexity index is 1130. The first-order valence-corrected chi connectivity index (χ1v) is 8.76. The number of H-pyrrole nitrogens is 1. The van der Waals surface area contributed by atoms with E-state index in [1.165, 1.54) is 18.8 Å². The highest BCUT2D eigenvalue weighted by Gasteiger charge is 2.42. The van der Waals surface area contributed by atoms with Crippen LogP contribution in [0, 0.1) is 0 Å². The molecule has 28 heavy (non-hydrogen) atoms. The Labute approximate surface area is 159 Å². The van der Waals surface area contributed by atoms with Gasteiger partial charge in [-0.15, -0.1) is 0 Å². The van der Waals surface area contributed by atoms with Crippen molar-refractivity contribution >= 4 is 11.8 Å². The highest BCUT2D eigenvalue weighted by Crippen LogP contribution is 2.45. The van der Waals surface area contributed by atoms with Gasteiger partial charge in [-0.1, -0.05) is 0 Å². The number of hydrogen-bond donors (Lipinski definition) is 2. The highest BCUT2D eigenvalue weighted by atomic mass is 16.5. The number of anilines is 1. The molecule has 1 atom stereocenters. The number of cyclic esters (lactones) is 1. The number of benzene rings is 1. The molecule has 2 N–H and O–H groups in total. The van der Waals surface area contributed by atoms with E-state index >= 15 is 0 Å². The Hall–Kier alpha value is -3.49. The van der Waals surface area contributed by atoms with Gasteiger partial charge >= 0.3 is 11.7 Å². The topological polar surface area (TPSA) is 112 Å². The third-order valence-corrected chi connectivity index (χ3v) is 5.04. The van der Waals surface area contributed by atoms with Gasteiger partial charge in [0.2, 0.25) is 0 Å². The number of ether oxygens (including phenoxy) is 3. The van der Waals surface area contributed by atoms with Crippen molar-refractivity contribution in [2.24, 2.45) is 0 Å². The summed E-state index contributed by atoms with van der Waals surface area (Å²) in [6.45, 7) is 2.18. The molecule has 3 heterocycles. The van der Waals surface area contributed by atoms with Gasteiger partial charge in [-0.25, -0.2) is 9.59 Å². The Balaban J connectivity index is 2.08. The summed E-state index contributed by atoms with van der Waals surface area (Å²) in [7, 11) is 3.03. The third-order valence-electron chi connectivity index (χ3n) is 5.04. The maximum atomic E-state index is 12.8. The number of hydrogen-bond acceptors (Lipinski definition) is 7. The molecule has 0 amide bonds. The zero-order valence-electron chi connectivity index (χ0n) is 15.6. The second-order valence-electron chi connectivity index (χ2n) is 6.40. The molecule has 1 aromatic heterocycles. The minimum Gasteiger partial charge on any atom is -0.497 e. The number of aromatic amines is 1. The van der Waals surface area contributed by atoms with E-state index in [1.807, 2.05) is 0 Å². The summed E-state index contributed by atoms with van der Waals surface area (Å²) in [6, 6.07) is 5.15. The lowest BCUT2D eigenvalue weighted by Crippen LogP contribution is -2.38. The van der Waals surface area contributed by atoms with Crippen molar-refractivity contribution < 1.29 is 19.0 Å². The van der Waals surface area contributed by atoms with Crippen molar-refractivity contribution in [3.8, 4) is 11.5 Å². The second-order valence-corrected chi connectivity index (χ2v) is 6.40. The van der Waals surface area contributed by atoms with Crippen molar-refractivity contribution in [3.63, 3.8) is 0 Å². The number of carbonyl (C=O) groups excluding carboxylic acids is 1. The van der Waals surface area contributed by atoms with Crippen molar-refractivity contribution in [1.82, 2.24) is 9.55 Å². The molecule has 0 fully saturated rings. The summed E-state index contributed by atoms with van der Waals surface area (Å²) in [4.78, 5) is 40.0. The second kappa shape index (κ2) is 6.59. The van der Waals surface area contributed by atoms with Crippen LogP contribution in [0.5, 0.6) is 11.5 Å². The lowest BCUT2D eigenvalue weighted by Gasteiger charge is -2.28. The average molecular weight is 385 g/mol. The van der Waals surface area contributed by atoms with Crippen LogP contribution in [0.4, 0.5) is 5.82 Å². The zero-order chi connectivity index (χ0) is 20.0. The van der Waals surface area contributed by atoms with Gasteiger partial charge in [0, 0.05) is 12.1 Å². The van der Waals surface area contributed by atoms with Crippen molar-refractivity contribution in [3.05, 3.63) is 61.4 Å². The maximum absolute atomic E-state index is 12.8. The summed E-state index contributed by atoms with van der Waals surface area (Å²) in [5.74, 6) is 0.0942. The molecule has 146 valence electrons. The fourth-order valence-electron chi connectivity index (χ4n) is 3.77. The zero-order valence-corrected chi connectivity index (χ0v) is 15.6. The van der Waals surface area contributed by atoms with Crippen molar-refractivity contribution in [2.45, 2.75) is 19.4 Å². The molecule has 0 radical (unpaired) electrons. The van der Waals surface area contributed by atoms with E-state index in [4.69, 9.17) is 14.2 Å². The highest BCUT2D eigenvalue weighted by molar-refractivity contribution is 5.97. The molecular formula is C19H19N3O6. The Morgan fingerprint density at radius 3 is 2.68 bits per heavy atom. The number of rotatable bonds is 4. The van der Waals surface area contributed by atoms with Crippen LogP contribution in [0.1, 0.15) is 24.0 Å². The van der Waals surface area contributed by atoms with Gasteiger partial charge in [0.15, 0.2) is 0 Å². The largest absolute Gasteiger partial charge is 0.497 e. The van der Waals surface area contributed by atoms with Gasteiger partial charge in [0.05, 0.1) is 37.0 Å². The molecule has 4 rings (SSSR count). The standard InChI is InChI=1S/C19H19N3O6/c1-4-22-16-15(17(23)21-19(22)25)13(14-11(20-16)8-28-18(14)24)10-7-9(26-2)5-6-12(10)27-3/h5-7,13,20H,4,8H2,1-3H3,(H,21,23,25)/t13-/m1/s1. The summed E-state index contributed by atoms with van der Waals surface area (Å²) in [5, 5.41) is 3.06. The number of carbonyl (C=O) groups is 1. The van der Waals surface area contributed by atoms with Crippen LogP contribution in [0.25, 0.3) is 0 Å². The molecule has 2 aliphatic rings. The van der Waals surface area contributed by atoms with Crippen molar-refractivity contribution in [2.75, 3.05) is 26.1 Å². The Kier molecular flexibility index (Phi) is 4.21. The number of fused-ring (bicyclic) bond motifs is 1. The summed E-state index contributed by atoms with van der Waals surface area (Å²) >= 11 is 0. The fourth-order valence-corrected chi connectivity index (χ4v) is 3.77. The first kappa shape index (κ1) is 17.9. The van der Waals surface area contributed by atoms with Crippen LogP contribution in [-0.4, -0.2) is 36.3 Å². The number of nitrogens with zero attached hydrogens (tertiary/aromatic N) is 1. The molecule has 0 spiro atoms. The smallest absolute Gasteiger partial charge is 0.337 e. The van der Waals surface area contributed by atoms with Gasteiger partial charge in [-0.2, -0.15) is 0 Å². The van der Waals surface area contributed by atoms with Crippen LogP contribution >= 0.6 is 0 Å². The molecule has 0 aliphatic carbocycles. The number of nitrogens with one attached hydrogen (secondary N) is 2. The quantitative estimate of drug-likeness (QED) is 0.754. The SMILES string of the molecule is CCn1c2c(c(=O)[nH]c1=O)[C@H](c1cc(OC)ccc1OC)C1=C(COC1=O)N2. The lowest BCUT2D eigenvalue weighted by molar-refractivity contribution is -0.136. The van der Waals surface area contributed by atoms with Crippen LogP contribution in [0.15, 0.2) is 39.1 Å². The van der Waals surface area contributed by atoms with Crippen LogP contribution in [0.2, 0.25) is 0 Å². The average Bonchev–Trinajstić information content (AvgIpc) is 3.06. The van der Waals surface area contributed by atoms with Gasteiger partial charge < -0.3 is 19.5 Å². The normalized spacial score (nSPS) is 17.5. The van der Waals surface area contributed by atoms with E-state index in [-0.39, 0.29) is 12.2 Å². The van der Waals surface area contributed by atoms with E-state index in [0.29, 0.717) is 40.7 Å². The number of esters is 1. The number of aromatic nitrogens is 2. The predicted molar refractivity (Wildman–Crippen MR) is 100.0 cm³/mol. The Morgan fingerprint density at radius 2 is 2.00 bits per heavy atom. The molecule has 0 saturated carbocycles. The molecule has 2 aliphatic heterocycles. The minimum atomic E-state index is -0.770. The van der Waals surface area contributed by atoms with Gasteiger partial charge in [-0.05, 0) is 25.1 Å². The van der Waals surface area contributed by atoms with Crippen LogP contribution < -0.4 is 26.0 Å². The van der Waals surface area contributed by atoms with E-state index in [2.05, 4.69) is 10.3 Å². The molecule has 9 nitrogen and oxygen atoms in total. The first-order chi connectivity index (χ1) is 13.5. The molecule has 9 heteroatoms. The third kappa shape index (κ3) is 2.50. The summed E-state index contributed by atoms with van der Waals surface area (Å²) < 4.78 is 17.4. The first-order valence-electron chi connectivity index (χ1n) is 8.76. The van der Waals surface area contributed by atoms with E-state index in [0.717, 1.165) is 0 Å². The van der Waals surface area contributed by atoms with Crippen LogP contribution in [0.3, 0.4) is 0 Å². The molecule has 2 aromatic rings. The predicted octanol–water partition coefficient (Wildman–Crippen LogP) is 0.942. The van der Waals surface area contributed by atoms with Crippen molar-refractivity contribution in [1.29, 1.82) is 0 Å². The summed E-state index contributed by atoms with van der Waals surface area (Å²) in [6.07, 6.45) is 0. The summed E-state index contributed by atoms with van der Waals surface area (Å²) in [5.41, 5.74) is 0.585.